The zero-order valence-corrected chi connectivity index (χ0v) is 16.5. The summed E-state index contributed by atoms with van der Waals surface area (Å²) in [5.74, 6) is -0.943. The van der Waals surface area contributed by atoms with Crippen LogP contribution in [0.1, 0.15) is 47.7 Å². The molecular formula is C23H25NO4. The van der Waals surface area contributed by atoms with Crippen molar-refractivity contribution in [3.05, 3.63) is 65.2 Å². The fraction of sp³-hybridized carbons (Fsp3) is 0.348. The Hall–Kier alpha value is -2.95. The van der Waals surface area contributed by atoms with Crippen molar-refractivity contribution in [1.82, 2.24) is 0 Å². The van der Waals surface area contributed by atoms with Gasteiger partial charge in [0.1, 0.15) is 0 Å². The summed E-state index contributed by atoms with van der Waals surface area (Å²) in [6.07, 6.45) is 1.12. The molecule has 0 aliphatic carbocycles. The predicted molar refractivity (Wildman–Crippen MR) is 107 cm³/mol. The third kappa shape index (κ3) is 3.98. The molecule has 0 fully saturated rings. The van der Waals surface area contributed by atoms with Gasteiger partial charge >= 0.3 is 5.97 Å². The number of carbonyl (C=O) groups is 3. The van der Waals surface area contributed by atoms with Gasteiger partial charge in [-0.25, -0.2) is 0 Å². The number of carbonyl (C=O) groups excluding carboxylic acids is 3. The Morgan fingerprint density at radius 1 is 1.14 bits per heavy atom. The molecule has 1 aliphatic heterocycles. The molecule has 2 aromatic carbocycles. The highest BCUT2D eigenvalue weighted by Gasteiger charge is 2.28. The number of hydrogen-bond acceptors (Lipinski definition) is 4. The lowest BCUT2D eigenvalue weighted by Gasteiger charge is -2.21. The molecule has 146 valence electrons. The molecule has 28 heavy (non-hydrogen) atoms. The van der Waals surface area contributed by atoms with Crippen LogP contribution in [0.4, 0.5) is 5.69 Å². The van der Waals surface area contributed by atoms with E-state index >= 15 is 0 Å². The van der Waals surface area contributed by atoms with E-state index in [9.17, 15) is 14.4 Å². The van der Waals surface area contributed by atoms with Crippen molar-refractivity contribution in [2.45, 2.75) is 32.6 Å². The molecule has 0 saturated carbocycles. The Morgan fingerprint density at radius 3 is 2.54 bits per heavy atom. The molecule has 0 saturated heterocycles. The maximum atomic E-state index is 12.7. The summed E-state index contributed by atoms with van der Waals surface area (Å²) in [5.41, 5.74) is 2.99. The minimum atomic E-state index is -0.398. The van der Waals surface area contributed by atoms with Crippen molar-refractivity contribution >= 4 is 23.3 Å². The molecule has 3 rings (SSSR count). The van der Waals surface area contributed by atoms with Gasteiger partial charge in [-0.05, 0) is 35.2 Å². The van der Waals surface area contributed by atoms with Crippen LogP contribution < -0.4 is 4.90 Å². The first-order valence-corrected chi connectivity index (χ1v) is 9.56. The van der Waals surface area contributed by atoms with Crippen molar-refractivity contribution in [1.29, 1.82) is 0 Å². The van der Waals surface area contributed by atoms with Gasteiger partial charge < -0.3 is 9.64 Å². The van der Waals surface area contributed by atoms with E-state index in [4.69, 9.17) is 4.74 Å². The number of hydrogen-bond donors (Lipinski definition) is 0. The van der Waals surface area contributed by atoms with E-state index in [1.807, 2.05) is 44.2 Å². The molecule has 5 nitrogen and oxygen atoms in total. The number of likely N-dealkylation sites (N-methyl/N-ethyl adjacent to an activating group) is 1. The summed E-state index contributed by atoms with van der Waals surface area (Å²) in [6, 6.07) is 14.7. The van der Waals surface area contributed by atoms with Crippen LogP contribution in [0, 0.1) is 5.92 Å². The molecule has 1 amide bonds. The van der Waals surface area contributed by atoms with Gasteiger partial charge in [0.15, 0.2) is 12.4 Å². The molecule has 0 spiro atoms. The highest BCUT2D eigenvalue weighted by molar-refractivity contribution is 6.04. The third-order valence-corrected chi connectivity index (χ3v) is 5.45. The average molecular weight is 379 g/mol. The average Bonchev–Trinajstić information content (AvgIpc) is 3.00. The van der Waals surface area contributed by atoms with Crippen molar-refractivity contribution in [2.24, 2.45) is 5.92 Å². The second kappa shape index (κ2) is 8.38. The Balaban J connectivity index is 1.69. The molecule has 0 N–H and O–H groups in total. The Kier molecular flexibility index (Phi) is 5.93. The standard InChI is InChI=1S/C23H25NO4/c1-4-15(2)22(16-8-6-5-7-9-16)23(27)28-14-20(25)17-10-11-19-18(12-17)13-21(26)24(19)3/h5-12,15,22H,4,13-14H2,1-3H3/t15-,22+/m0/s1. The number of anilines is 1. The van der Waals surface area contributed by atoms with E-state index in [-0.39, 0.29) is 36.6 Å². The van der Waals surface area contributed by atoms with Gasteiger partial charge in [-0.2, -0.15) is 0 Å². The van der Waals surface area contributed by atoms with Crippen LogP contribution in [0.3, 0.4) is 0 Å². The topological polar surface area (TPSA) is 63.7 Å². The van der Waals surface area contributed by atoms with E-state index in [0.29, 0.717) is 5.56 Å². The van der Waals surface area contributed by atoms with Crippen molar-refractivity contribution in [3.63, 3.8) is 0 Å². The summed E-state index contributed by atoms with van der Waals surface area (Å²) < 4.78 is 5.39. The monoisotopic (exact) mass is 379 g/mol. The van der Waals surface area contributed by atoms with Gasteiger partial charge in [0, 0.05) is 18.3 Å². The molecule has 0 unspecified atom stereocenters. The van der Waals surface area contributed by atoms with Gasteiger partial charge in [-0.3, -0.25) is 14.4 Å². The lowest BCUT2D eigenvalue weighted by atomic mass is 9.85. The van der Waals surface area contributed by atoms with Crippen LogP contribution in [-0.4, -0.2) is 31.3 Å². The number of amides is 1. The van der Waals surface area contributed by atoms with Crippen LogP contribution >= 0.6 is 0 Å². The molecular weight excluding hydrogens is 354 g/mol. The van der Waals surface area contributed by atoms with Crippen LogP contribution in [-0.2, 0) is 20.7 Å². The highest BCUT2D eigenvalue weighted by Crippen LogP contribution is 2.30. The first kappa shape index (κ1) is 19.8. The number of esters is 1. The van der Waals surface area contributed by atoms with Crippen molar-refractivity contribution < 1.29 is 19.1 Å². The minimum Gasteiger partial charge on any atom is -0.457 e. The zero-order chi connectivity index (χ0) is 20.3. The number of ketones is 1. The van der Waals surface area contributed by atoms with Gasteiger partial charge in [0.05, 0.1) is 12.3 Å². The maximum Gasteiger partial charge on any atom is 0.314 e. The van der Waals surface area contributed by atoms with E-state index in [1.165, 1.54) is 0 Å². The molecule has 5 heteroatoms. The van der Waals surface area contributed by atoms with Gasteiger partial charge in [0.25, 0.3) is 0 Å². The van der Waals surface area contributed by atoms with Crippen LogP contribution in [0.25, 0.3) is 0 Å². The summed E-state index contributed by atoms with van der Waals surface area (Å²) >= 11 is 0. The maximum absolute atomic E-state index is 12.7. The number of nitrogens with zero attached hydrogens (tertiary/aromatic N) is 1. The summed E-state index contributed by atoms with van der Waals surface area (Å²) in [7, 11) is 1.72. The minimum absolute atomic E-state index is 0.00489. The number of rotatable bonds is 7. The fourth-order valence-corrected chi connectivity index (χ4v) is 3.55. The number of benzene rings is 2. The Labute approximate surface area is 165 Å². The quantitative estimate of drug-likeness (QED) is 0.543. The molecule has 2 aromatic rings. The summed E-state index contributed by atoms with van der Waals surface area (Å²) in [5, 5.41) is 0. The smallest absolute Gasteiger partial charge is 0.314 e. The molecule has 1 heterocycles. The molecule has 0 radical (unpaired) electrons. The van der Waals surface area contributed by atoms with Crippen LogP contribution in [0.2, 0.25) is 0 Å². The van der Waals surface area contributed by atoms with Gasteiger partial charge in [-0.1, -0.05) is 50.6 Å². The van der Waals surface area contributed by atoms with Crippen LogP contribution in [0.5, 0.6) is 0 Å². The number of fused-ring (bicyclic) bond motifs is 1. The van der Waals surface area contributed by atoms with Crippen molar-refractivity contribution in [3.8, 4) is 0 Å². The predicted octanol–water partition coefficient (Wildman–Crippen LogP) is 3.76. The van der Waals surface area contributed by atoms with E-state index in [1.54, 1.807) is 30.1 Å². The third-order valence-electron chi connectivity index (χ3n) is 5.45. The summed E-state index contributed by atoms with van der Waals surface area (Å²) in [6.45, 7) is 3.73. The molecule has 2 atom stereocenters. The van der Waals surface area contributed by atoms with E-state index < -0.39 is 5.92 Å². The Morgan fingerprint density at radius 2 is 1.86 bits per heavy atom. The number of ether oxygens (including phenoxy) is 1. The number of Topliss-reactive ketones (excluding diaryl/α,β-unsaturated/α-hetero) is 1. The first-order chi connectivity index (χ1) is 13.4. The lowest BCUT2D eigenvalue weighted by molar-refractivity contribution is -0.145. The SMILES string of the molecule is CC[C@H](C)[C@@H](C(=O)OCC(=O)c1ccc2c(c1)CC(=O)N2C)c1ccccc1. The largest absolute Gasteiger partial charge is 0.457 e. The highest BCUT2D eigenvalue weighted by atomic mass is 16.5. The van der Waals surface area contributed by atoms with E-state index in [0.717, 1.165) is 23.2 Å². The summed E-state index contributed by atoms with van der Waals surface area (Å²) in [4.78, 5) is 38.6. The van der Waals surface area contributed by atoms with E-state index in [2.05, 4.69) is 0 Å². The normalized spacial score (nSPS) is 15.1. The molecule has 1 aliphatic rings. The zero-order valence-electron chi connectivity index (χ0n) is 16.5. The first-order valence-electron chi connectivity index (χ1n) is 9.56. The Bertz CT molecular complexity index is 891. The molecule has 0 bridgehead atoms. The van der Waals surface area contributed by atoms with Crippen LogP contribution in [0.15, 0.2) is 48.5 Å². The molecule has 0 aromatic heterocycles. The fourth-order valence-electron chi connectivity index (χ4n) is 3.55. The van der Waals surface area contributed by atoms with Crippen molar-refractivity contribution in [2.75, 3.05) is 18.6 Å². The second-order valence-corrected chi connectivity index (χ2v) is 7.28. The van der Waals surface area contributed by atoms with Gasteiger partial charge in [-0.15, -0.1) is 0 Å². The second-order valence-electron chi connectivity index (χ2n) is 7.28. The lowest BCUT2D eigenvalue weighted by Crippen LogP contribution is -2.24. The van der Waals surface area contributed by atoms with Gasteiger partial charge in [0.2, 0.25) is 5.91 Å².